The van der Waals surface area contributed by atoms with Crippen LogP contribution >= 0.6 is 46.9 Å². The zero-order chi connectivity index (χ0) is 18.0. The molecule has 0 amide bonds. The van der Waals surface area contributed by atoms with Gasteiger partial charge in [-0.3, -0.25) is 9.67 Å². The first-order chi connectivity index (χ1) is 12.0. The van der Waals surface area contributed by atoms with E-state index in [0.29, 0.717) is 18.1 Å². The van der Waals surface area contributed by atoms with E-state index >= 15 is 0 Å². The van der Waals surface area contributed by atoms with E-state index < -0.39 is 0 Å². The second kappa shape index (κ2) is 9.01. The molecule has 140 valence electrons. The van der Waals surface area contributed by atoms with Crippen LogP contribution in [0.4, 0.5) is 0 Å². The van der Waals surface area contributed by atoms with Gasteiger partial charge in [-0.15, -0.1) is 35.3 Å². The van der Waals surface area contributed by atoms with Gasteiger partial charge in [0.05, 0.1) is 22.5 Å². The molecule has 6 nitrogen and oxygen atoms in total. The van der Waals surface area contributed by atoms with Crippen molar-refractivity contribution >= 4 is 63.1 Å². The first-order valence-electron chi connectivity index (χ1n) is 7.96. The number of nitrogens with one attached hydrogen (secondary N) is 2. The van der Waals surface area contributed by atoms with E-state index in [0.717, 1.165) is 32.6 Å². The van der Waals surface area contributed by atoms with Crippen molar-refractivity contribution in [2.24, 2.45) is 12.0 Å². The van der Waals surface area contributed by atoms with Gasteiger partial charge in [0.2, 0.25) is 0 Å². The van der Waals surface area contributed by atoms with Gasteiger partial charge in [-0.05, 0) is 32.0 Å². The van der Waals surface area contributed by atoms with Gasteiger partial charge in [0, 0.05) is 36.9 Å². The normalized spacial score (nSPS) is 11.5. The molecule has 0 radical (unpaired) electrons. The molecule has 1 aromatic carbocycles. The molecule has 3 aromatic rings. The second-order valence-corrected chi connectivity index (χ2v) is 7.32. The highest BCUT2D eigenvalue weighted by molar-refractivity contribution is 14.0. The van der Waals surface area contributed by atoms with E-state index in [-0.39, 0.29) is 24.0 Å². The Bertz CT molecular complexity index is 933. The number of rotatable bonds is 4. The number of hydrogen-bond donors (Lipinski definition) is 2. The smallest absolute Gasteiger partial charge is 0.191 e. The molecule has 0 spiro atoms. The minimum Gasteiger partial charge on any atom is -0.352 e. The number of thiazole rings is 1. The molecule has 0 aliphatic rings. The molecular weight excluding hydrogens is 483 g/mol. The summed E-state index contributed by atoms with van der Waals surface area (Å²) in [6, 6.07) is 5.77. The van der Waals surface area contributed by atoms with E-state index in [1.165, 1.54) is 5.56 Å². The van der Waals surface area contributed by atoms with Gasteiger partial charge in [0.1, 0.15) is 5.01 Å². The van der Waals surface area contributed by atoms with Crippen molar-refractivity contribution in [3.05, 3.63) is 45.2 Å². The van der Waals surface area contributed by atoms with Crippen molar-refractivity contribution in [3.8, 4) is 0 Å². The average Bonchev–Trinajstić information content (AvgIpc) is 3.09. The summed E-state index contributed by atoms with van der Waals surface area (Å²) in [4.78, 5) is 8.88. The summed E-state index contributed by atoms with van der Waals surface area (Å²) in [6.45, 7) is 5.38. The molecule has 0 unspecified atom stereocenters. The van der Waals surface area contributed by atoms with Gasteiger partial charge < -0.3 is 10.6 Å². The molecule has 0 fully saturated rings. The molecule has 0 saturated carbocycles. The number of nitrogens with zero attached hydrogens (tertiary/aromatic N) is 4. The van der Waals surface area contributed by atoms with Gasteiger partial charge in [-0.1, -0.05) is 11.6 Å². The van der Waals surface area contributed by atoms with Crippen molar-refractivity contribution in [2.75, 3.05) is 7.05 Å². The Morgan fingerprint density at radius 1 is 1.27 bits per heavy atom. The lowest BCUT2D eigenvalue weighted by Crippen LogP contribution is -2.36. The lowest BCUT2D eigenvalue weighted by atomic mass is 10.2. The number of aromatic nitrogens is 3. The summed E-state index contributed by atoms with van der Waals surface area (Å²) in [5.41, 5.74) is 4.31. The maximum absolute atomic E-state index is 6.02. The van der Waals surface area contributed by atoms with Crippen molar-refractivity contribution in [1.29, 1.82) is 0 Å². The third kappa shape index (κ3) is 4.66. The largest absolute Gasteiger partial charge is 0.352 e. The third-order valence-electron chi connectivity index (χ3n) is 4.12. The van der Waals surface area contributed by atoms with Crippen LogP contribution in [0.25, 0.3) is 10.2 Å². The standard InChI is InChI=1S/C17H21ClN6S.HI/c1-10-13(11(2)24(4)23-10)8-20-17(19-3)21-9-16-22-14-7-12(18)5-6-15(14)25-16;/h5-7H,8-9H2,1-4H3,(H2,19,20,21);1H. The second-order valence-electron chi connectivity index (χ2n) is 5.77. The molecule has 2 aromatic heterocycles. The van der Waals surface area contributed by atoms with Crippen LogP contribution < -0.4 is 10.6 Å². The van der Waals surface area contributed by atoms with Crippen LogP contribution in [0.2, 0.25) is 5.02 Å². The Balaban J connectivity index is 0.00000243. The minimum absolute atomic E-state index is 0. The van der Waals surface area contributed by atoms with E-state index in [4.69, 9.17) is 11.6 Å². The summed E-state index contributed by atoms with van der Waals surface area (Å²) < 4.78 is 3.03. The fraction of sp³-hybridized carbons (Fsp3) is 0.353. The molecule has 2 heterocycles. The Labute approximate surface area is 179 Å². The van der Waals surface area contributed by atoms with Crippen molar-refractivity contribution in [3.63, 3.8) is 0 Å². The first-order valence-corrected chi connectivity index (χ1v) is 9.16. The summed E-state index contributed by atoms with van der Waals surface area (Å²) in [6.07, 6.45) is 0. The fourth-order valence-corrected chi connectivity index (χ4v) is 3.70. The zero-order valence-electron chi connectivity index (χ0n) is 15.1. The van der Waals surface area contributed by atoms with Gasteiger partial charge in [-0.25, -0.2) is 4.98 Å². The van der Waals surface area contributed by atoms with E-state index in [1.807, 2.05) is 36.9 Å². The highest BCUT2D eigenvalue weighted by atomic mass is 127. The maximum Gasteiger partial charge on any atom is 0.191 e. The molecular formula is C17H22ClIN6S. The van der Waals surface area contributed by atoms with E-state index in [9.17, 15) is 0 Å². The van der Waals surface area contributed by atoms with Crippen LogP contribution in [-0.4, -0.2) is 27.8 Å². The van der Waals surface area contributed by atoms with Crippen LogP contribution in [0.5, 0.6) is 0 Å². The van der Waals surface area contributed by atoms with Gasteiger partial charge in [0.15, 0.2) is 5.96 Å². The van der Waals surface area contributed by atoms with Crippen LogP contribution in [-0.2, 0) is 20.1 Å². The quantitative estimate of drug-likeness (QED) is 0.322. The van der Waals surface area contributed by atoms with Crippen LogP contribution in [0.1, 0.15) is 22.0 Å². The lowest BCUT2D eigenvalue weighted by Gasteiger charge is -2.11. The Morgan fingerprint density at radius 3 is 2.65 bits per heavy atom. The summed E-state index contributed by atoms with van der Waals surface area (Å²) in [7, 11) is 3.72. The molecule has 26 heavy (non-hydrogen) atoms. The zero-order valence-corrected chi connectivity index (χ0v) is 19.0. The van der Waals surface area contributed by atoms with Gasteiger partial charge >= 0.3 is 0 Å². The lowest BCUT2D eigenvalue weighted by molar-refractivity contribution is 0.728. The predicted molar refractivity (Wildman–Crippen MR) is 120 cm³/mol. The molecule has 0 saturated heterocycles. The Kier molecular flexibility index (Phi) is 7.24. The third-order valence-corrected chi connectivity index (χ3v) is 5.39. The van der Waals surface area contributed by atoms with Crippen molar-refractivity contribution in [2.45, 2.75) is 26.9 Å². The average molecular weight is 505 g/mol. The summed E-state index contributed by atoms with van der Waals surface area (Å²) in [5.74, 6) is 0.736. The Morgan fingerprint density at radius 2 is 2.00 bits per heavy atom. The van der Waals surface area contributed by atoms with Crippen LogP contribution in [0.3, 0.4) is 0 Å². The van der Waals surface area contributed by atoms with E-state index in [1.54, 1.807) is 18.4 Å². The topological polar surface area (TPSA) is 67.1 Å². The molecule has 0 atom stereocenters. The van der Waals surface area contributed by atoms with Crippen LogP contribution in [0.15, 0.2) is 23.2 Å². The number of benzene rings is 1. The van der Waals surface area contributed by atoms with Crippen molar-refractivity contribution < 1.29 is 0 Å². The SMILES string of the molecule is CN=C(NCc1nc2cc(Cl)ccc2s1)NCc1c(C)nn(C)c1C.I. The highest BCUT2D eigenvalue weighted by Gasteiger charge is 2.10. The fourth-order valence-electron chi connectivity index (χ4n) is 2.65. The highest BCUT2D eigenvalue weighted by Crippen LogP contribution is 2.24. The summed E-state index contributed by atoms with van der Waals surface area (Å²) in [5, 5.41) is 12.8. The number of guanidine groups is 1. The number of aliphatic imine (C=N–C) groups is 1. The summed E-state index contributed by atoms with van der Waals surface area (Å²) >= 11 is 7.67. The number of fused-ring (bicyclic) bond motifs is 1. The number of hydrogen-bond acceptors (Lipinski definition) is 4. The molecule has 0 aliphatic carbocycles. The number of halogens is 2. The van der Waals surface area contributed by atoms with Crippen LogP contribution in [0, 0.1) is 13.8 Å². The molecule has 0 aliphatic heterocycles. The van der Waals surface area contributed by atoms with Gasteiger partial charge in [0.25, 0.3) is 0 Å². The molecule has 0 bridgehead atoms. The predicted octanol–water partition coefficient (Wildman–Crippen LogP) is 3.78. The minimum atomic E-state index is 0. The van der Waals surface area contributed by atoms with Crippen molar-refractivity contribution in [1.82, 2.24) is 25.4 Å². The Hall–Kier alpha value is -1.39. The molecule has 3 rings (SSSR count). The molecule has 9 heteroatoms. The number of aryl methyl sites for hydroxylation is 2. The first kappa shape index (κ1) is 20.9. The van der Waals surface area contributed by atoms with Gasteiger partial charge in [-0.2, -0.15) is 5.10 Å². The van der Waals surface area contributed by atoms with E-state index in [2.05, 4.69) is 32.6 Å². The monoisotopic (exact) mass is 504 g/mol. The maximum atomic E-state index is 6.02. The molecule has 2 N–H and O–H groups in total.